The van der Waals surface area contributed by atoms with Crippen molar-refractivity contribution in [3.8, 4) is 0 Å². The van der Waals surface area contributed by atoms with Crippen molar-refractivity contribution in [2.45, 2.75) is 31.8 Å². The van der Waals surface area contributed by atoms with Gasteiger partial charge in [-0.2, -0.15) is 5.10 Å². The van der Waals surface area contributed by atoms with E-state index in [4.69, 9.17) is 0 Å². The number of benzene rings is 1. The first-order valence-electron chi connectivity index (χ1n) is 6.89. The zero-order chi connectivity index (χ0) is 14.7. The second-order valence-electron chi connectivity index (χ2n) is 5.26. The van der Waals surface area contributed by atoms with Crippen molar-refractivity contribution in [2.75, 3.05) is 12.8 Å². The van der Waals surface area contributed by atoms with Crippen LogP contribution in [0, 0.1) is 20.8 Å². The molecule has 1 aromatic heterocycles. The normalized spacial score (nSPS) is 12.7. The van der Waals surface area contributed by atoms with E-state index in [0.717, 1.165) is 11.4 Å². The van der Waals surface area contributed by atoms with E-state index in [1.165, 1.54) is 21.7 Å². The molecule has 0 fully saturated rings. The Balaban J connectivity index is 2.11. The molecule has 0 aliphatic carbocycles. The van der Waals surface area contributed by atoms with Crippen LogP contribution in [0.3, 0.4) is 0 Å². The number of aromatic nitrogens is 2. The van der Waals surface area contributed by atoms with Crippen LogP contribution >= 0.6 is 11.8 Å². The fourth-order valence-electron chi connectivity index (χ4n) is 2.44. The van der Waals surface area contributed by atoms with Gasteiger partial charge >= 0.3 is 0 Å². The van der Waals surface area contributed by atoms with Gasteiger partial charge in [0.1, 0.15) is 0 Å². The molecule has 0 spiro atoms. The molecule has 1 N–H and O–H groups in total. The smallest absolute Gasteiger partial charge is 0.0939 e. The molecule has 108 valence electrons. The van der Waals surface area contributed by atoms with Crippen LogP contribution in [0.1, 0.15) is 28.4 Å². The number of aryl methyl sites for hydroxylation is 4. The summed E-state index contributed by atoms with van der Waals surface area (Å²) in [5, 5.41) is 9.03. The minimum absolute atomic E-state index is 0.357. The second kappa shape index (κ2) is 6.46. The molecular formula is C16H23N3S. The van der Waals surface area contributed by atoms with E-state index in [1.54, 1.807) is 0 Å². The highest BCUT2D eigenvalue weighted by Gasteiger charge is 2.13. The highest BCUT2D eigenvalue weighted by Crippen LogP contribution is 2.27. The molecule has 0 saturated carbocycles. The number of hydrogen-bond acceptors (Lipinski definition) is 3. The molecule has 0 saturated heterocycles. The predicted octanol–water partition coefficient (Wildman–Crippen LogP) is 3.40. The third kappa shape index (κ3) is 3.44. The number of nitrogens with zero attached hydrogens (tertiary/aromatic N) is 2. The zero-order valence-electron chi connectivity index (χ0n) is 12.9. The van der Waals surface area contributed by atoms with Crippen LogP contribution in [-0.2, 0) is 7.05 Å². The minimum Gasteiger partial charge on any atom is -0.312 e. The summed E-state index contributed by atoms with van der Waals surface area (Å²) < 4.78 is 1.95. The van der Waals surface area contributed by atoms with Crippen LogP contribution in [0.25, 0.3) is 0 Å². The third-order valence-corrected chi connectivity index (χ3v) is 4.68. The monoisotopic (exact) mass is 289 g/mol. The third-order valence-electron chi connectivity index (χ3n) is 3.51. The maximum Gasteiger partial charge on any atom is 0.0939 e. The van der Waals surface area contributed by atoms with Gasteiger partial charge in [0.2, 0.25) is 0 Å². The average molecular weight is 289 g/mol. The minimum atomic E-state index is 0.357. The highest BCUT2D eigenvalue weighted by molar-refractivity contribution is 7.99. The molecule has 4 heteroatoms. The van der Waals surface area contributed by atoms with Gasteiger partial charge in [0.15, 0.2) is 0 Å². The van der Waals surface area contributed by atoms with Crippen molar-refractivity contribution in [3.05, 3.63) is 46.6 Å². The van der Waals surface area contributed by atoms with Gasteiger partial charge in [-0.3, -0.25) is 4.68 Å². The Morgan fingerprint density at radius 1 is 1.25 bits per heavy atom. The molecule has 0 aliphatic heterocycles. The summed E-state index contributed by atoms with van der Waals surface area (Å²) in [4.78, 5) is 0. The Morgan fingerprint density at radius 3 is 2.55 bits per heavy atom. The Labute approximate surface area is 125 Å². The summed E-state index contributed by atoms with van der Waals surface area (Å²) in [6.45, 7) is 6.35. The Kier molecular flexibility index (Phi) is 4.89. The standard InChI is InChI=1S/C16H23N3S/c1-11-6-7-14(12(2)8-11)15(17-4)10-20-16-9-13(3)18-19(16)5/h6-9,15,17H,10H2,1-5H3. The maximum absolute atomic E-state index is 4.39. The van der Waals surface area contributed by atoms with E-state index in [0.29, 0.717) is 6.04 Å². The lowest BCUT2D eigenvalue weighted by molar-refractivity contribution is 0.652. The topological polar surface area (TPSA) is 29.9 Å². The molecular weight excluding hydrogens is 266 g/mol. The summed E-state index contributed by atoms with van der Waals surface area (Å²) in [7, 11) is 4.03. The Bertz CT molecular complexity index is 589. The van der Waals surface area contributed by atoms with Crippen LogP contribution in [-0.4, -0.2) is 22.6 Å². The lowest BCUT2D eigenvalue weighted by Gasteiger charge is -2.19. The van der Waals surface area contributed by atoms with E-state index in [9.17, 15) is 0 Å². The first kappa shape index (κ1) is 15.1. The average Bonchev–Trinajstić information content (AvgIpc) is 2.70. The molecule has 3 nitrogen and oxygen atoms in total. The largest absolute Gasteiger partial charge is 0.312 e. The number of rotatable bonds is 5. The van der Waals surface area contributed by atoms with Gasteiger partial charge in [-0.1, -0.05) is 23.8 Å². The summed E-state index contributed by atoms with van der Waals surface area (Å²) in [5.41, 5.74) is 5.12. The fourth-order valence-corrected chi connectivity index (χ4v) is 3.60. The quantitative estimate of drug-likeness (QED) is 0.856. The predicted molar refractivity (Wildman–Crippen MR) is 86.4 cm³/mol. The van der Waals surface area contributed by atoms with Gasteiger partial charge in [0.25, 0.3) is 0 Å². The highest BCUT2D eigenvalue weighted by atomic mass is 32.2. The van der Waals surface area contributed by atoms with E-state index < -0.39 is 0 Å². The van der Waals surface area contributed by atoms with Crippen LogP contribution < -0.4 is 5.32 Å². The SMILES string of the molecule is CNC(CSc1cc(C)nn1C)c1ccc(C)cc1C. The molecule has 2 rings (SSSR count). The molecule has 2 aromatic rings. The second-order valence-corrected chi connectivity index (χ2v) is 6.30. The lowest BCUT2D eigenvalue weighted by Crippen LogP contribution is -2.20. The molecule has 0 amide bonds. The molecule has 1 aromatic carbocycles. The van der Waals surface area contributed by atoms with Crippen molar-refractivity contribution in [1.29, 1.82) is 0 Å². The molecule has 0 bridgehead atoms. The molecule has 0 radical (unpaired) electrons. The zero-order valence-corrected chi connectivity index (χ0v) is 13.7. The first-order valence-corrected chi connectivity index (χ1v) is 7.87. The molecule has 1 atom stereocenters. The number of thioether (sulfide) groups is 1. The Morgan fingerprint density at radius 2 is 2.00 bits per heavy atom. The number of nitrogens with one attached hydrogen (secondary N) is 1. The lowest BCUT2D eigenvalue weighted by atomic mass is 10.0. The van der Waals surface area contributed by atoms with Crippen LogP contribution in [0.2, 0.25) is 0 Å². The van der Waals surface area contributed by atoms with Crippen LogP contribution in [0.4, 0.5) is 0 Å². The summed E-state index contributed by atoms with van der Waals surface area (Å²) in [5.74, 6) is 0.999. The van der Waals surface area contributed by atoms with Crippen molar-refractivity contribution < 1.29 is 0 Å². The fraction of sp³-hybridized carbons (Fsp3) is 0.438. The van der Waals surface area contributed by atoms with Gasteiger partial charge < -0.3 is 5.32 Å². The first-order chi connectivity index (χ1) is 9.51. The van der Waals surface area contributed by atoms with E-state index >= 15 is 0 Å². The number of hydrogen-bond donors (Lipinski definition) is 1. The van der Waals surface area contributed by atoms with Gasteiger partial charge in [-0.15, -0.1) is 11.8 Å². The van der Waals surface area contributed by atoms with Crippen molar-refractivity contribution in [3.63, 3.8) is 0 Å². The van der Waals surface area contributed by atoms with Gasteiger partial charge in [-0.25, -0.2) is 0 Å². The van der Waals surface area contributed by atoms with Gasteiger partial charge in [0.05, 0.1) is 10.7 Å². The van der Waals surface area contributed by atoms with Gasteiger partial charge in [-0.05, 0) is 45.0 Å². The Hall–Kier alpha value is -1.26. The molecule has 1 heterocycles. The van der Waals surface area contributed by atoms with Crippen molar-refractivity contribution in [2.24, 2.45) is 7.05 Å². The van der Waals surface area contributed by atoms with Crippen molar-refractivity contribution in [1.82, 2.24) is 15.1 Å². The molecule has 1 unspecified atom stereocenters. The maximum atomic E-state index is 4.39. The summed E-state index contributed by atoms with van der Waals surface area (Å²) in [6, 6.07) is 9.17. The van der Waals surface area contributed by atoms with E-state index in [-0.39, 0.29) is 0 Å². The van der Waals surface area contributed by atoms with E-state index in [2.05, 4.69) is 48.5 Å². The van der Waals surface area contributed by atoms with Crippen LogP contribution in [0.5, 0.6) is 0 Å². The van der Waals surface area contributed by atoms with E-state index in [1.807, 2.05) is 37.5 Å². The van der Waals surface area contributed by atoms with Crippen molar-refractivity contribution >= 4 is 11.8 Å². The molecule has 20 heavy (non-hydrogen) atoms. The van der Waals surface area contributed by atoms with Gasteiger partial charge in [0, 0.05) is 18.8 Å². The summed E-state index contributed by atoms with van der Waals surface area (Å²) >= 11 is 1.85. The van der Waals surface area contributed by atoms with Crippen LogP contribution in [0.15, 0.2) is 29.3 Å². The molecule has 0 aliphatic rings. The summed E-state index contributed by atoms with van der Waals surface area (Å²) in [6.07, 6.45) is 0.